The summed E-state index contributed by atoms with van der Waals surface area (Å²) in [6.45, 7) is 4.15. The fourth-order valence-electron chi connectivity index (χ4n) is 1.55. The largest absolute Gasteiger partial charge is 0.497 e. The van der Waals surface area contributed by atoms with Gasteiger partial charge in [-0.15, -0.1) is 0 Å². The average molecular weight is 267 g/mol. The summed E-state index contributed by atoms with van der Waals surface area (Å²) in [6, 6.07) is 5.43. The zero-order valence-electron chi connectivity index (χ0n) is 11.9. The van der Waals surface area contributed by atoms with E-state index >= 15 is 0 Å². The monoisotopic (exact) mass is 267 g/mol. The van der Waals surface area contributed by atoms with E-state index in [9.17, 15) is 4.79 Å². The third kappa shape index (κ3) is 4.13. The van der Waals surface area contributed by atoms with E-state index in [4.69, 9.17) is 19.9 Å². The Morgan fingerprint density at radius 1 is 1.21 bits per heavy atom. The number of rotatable bonds is 6. The Balaban J connectivity index is 2.80. The van der Waals surface area contributed by atoms with Crippen LogP contribution in [0, 0.1) is 5.41 Å². The van der Waals surface area contributed by atoms with Crippen LogP contribution in [0.3, 0.4) is 0 Å². The van der Waals surface area contributed by atoms with Crippen molar-refractivity contribution >= 4 is 5.97 Å². The van der Waals surface area contributed by atoms with Gasteiger partial charge < -0.3 is 19.9 Å². The predicted octanol–water partition coefficient (Wildman–Crippen LogP) is 1.73. The van der Waals surface area contributed by atoms with Crippen molar-refractivity contribution in [2.45, 2.75) is 20.4 Å². The summed E-state index contributed by atoms with van der Waals surface area (Å²) in [4.78, 5) is 11.6. The first-order chi connectivity index (χ1) is 8.92. The van der Waals surface area contributed by atoms with Crippen molar-refractivity contribution in [3.63, 3.8) is 0 Å². The lowest BCUT2D eigenvalue weighted by molar-refractivity contribution is -0.152. The molecule has 19 heavy (non-hydrogen) atoms. The predicted molar refractivity (Wildman–Crippen MR) is 72.2 cm³/mol. The van der Waals surface area contributed by atoms with E-state index in [1.807, 2.05) is 12.1 Å². The second-order valence-electron chi connectivity index (χ2n) is 4.89. The molecule has 106 valence electrons. The third-order valence-electron chi connectivity index (χ3n) is 2.75. The van der Waals surface area contributed by atoms with E-state index in [0.717, 1.165) is 5.56 Å². The second kappa shape index (κ2) is 6.43. The molecule has 0 bridgehead atoms. The molecule has 0 aliphatic carbocycles. The maximum absolute atomic E-state index is 11.6. The molecule has 0 amide bonds. The van der Waals surface area contributed by atoms with Gasteiger partial charge >= 0.3 is 5.97 Å². The van der Waals surface area contributed by atoms with Gasteiger partial charge in [0.1, 0.15) is 18.1 Å². The molecule has 1 rings (SSSR count). The van der Waals surface area contributed by atoms with Crippen molar-refractivity contribution in [1.29, 1.82) is 0 Å². The lowest BCUT2D eigenvalue weighted by atomic mass is 9.95. The average Bonchev–Trinajstić information content (AvgIpc) is 2.43. The first-order valence-corrected chi connectivity index (χ1v) is 6.02. The Morgan fingerprint density at radius 2 is 1.84 bits per heavy atom. The zero-order chi connectivity index (χ0) is 14.5. The van der Waals surface area contributed by atoms with E-state index in [0.29, 0.717) is 18.0 Å². The van der Waals surface area contributed by atoms with Gasteiger partial charge in [0.25, 0.3) is 0 Å². The van der Waals surface area contributed by atoms with Crippen LogP contribution in [0.2, 0.25) is 0 Å². The van der Waals surface area contributed by atoms with Crippen LogP contribution >= 0.6 is 0 Å². The highest BCUT2D eigenvalue weighted by molar-refractivity contribution is 5.75. The molecule has 0 unspecified atom stereocenters. The minimum absolute atomic E-state index is 0.219. The number of hydrogen-bond donors (Lipinski definition) is 1. The SMILES string of the molecule is COC(=O)C(C)(C)COc1cc(CN)cc(OC)c1. The summed E-state index contributed by atoms with van der Waals surface area (Å²) >= 11 is 0. The first kappa shape index (κ1) is 15.3. The van der Waals surface area contributed by atoms with E-state index < -0.39 is 5.41 Å². The number of ether oxygens (including phenoxy) is 3. The maximum Gasteiger partial charge on any atom is 0.314 e. The van der Waals surface area contributed by atoms with Gasteiger partial charge in [0.05, 0.1) is 19.6 Å². The topological polar surface area (TPSA) is 70.8 Å². The Morgan fingerprint density at radius 3 is 2.37 bits per heavy atom. The van der Waals surface area contributed by atoms with E-state index in [1.165, 1.54) is 7.11 Å². The van der Waals surface area contributed by atoms with Crippen molar-refractivity contribution in [2.24, 2.45) is 11.1 Å². The van der Waals surface area contributed by atoms with Crippen LogP contribution in [0.4, 0.5) is 0 Å². The molecule has 0 aliphatic heterocycles. The lowest BCUT2D eigenvalue weighted by Crippen LogP contribution is -2.32. The fourth-order valence-corrected chi connectivity index (χ4v) is 1.55. The molecule has 0 heterocycles. The summed E-state index contributed by atoms with van der Waals surface area (Å²) in [5.74, 6) is 0.986. The van der Waals surface area contributed by atoms with Crippen LogP contribution < -0.4 is 15.2 Å². The Hall–Kier alpha value is -1.75. The number of carbonyl (C=O) groups excluding carboxylic acids is 1. The summed E-state index contributed by atoms with van der Waals surface area (Å²) < 4.78 is 15.5. The molecule has 0 saturated carbocycles. The second-order valence-corrected chi connectivity index (χ2v) is 4.89. The number of esters is 1. The summed E-state index contributed by atoms with van der Waals surface area (Å²) in [6.07, 6.45) is 0. The molecule has 5 nitrogen and oxygen atoms in total. The maximum atomic E-state index is 11.6. The van der Waals surface area contributed by atoms with Crippen molar-refractivity contribution in [3.8, 4) is 11.5 Å². The third-order valence-corrected chi connectivity index (χ3v) is 2.75. The van der Waals surface area contributed by atoms with Gasteiger partial charge in [-0.1, -0.05) is 0 Å². The Labute approximate surface area is 113 Å². The lowest BCUT2D eigenvalue weighted by Gasteiger charge is -2.22. The number of benzene rings is 1. The van der Waals surface area contributed by atoms with Crippen molar-refractivity contribution in [1.82, 2.24) is 0 Å². The van der Waals surface area contributed by atoms with E-state index in [1.54, 1.807) is 27.0 Å². The summed E-state index contributed by atoms with van der Waals surface area (Å²) in [7, 11) is 2.94. The van der Waals surface area contributed by atoms with Crippen LogP contribution in [0.15, 0.2) is 18.2 Å². The van der Waals surface area contributed by atoms with Gasteiger partial charge in [-0.3, -0.25) is 4.79 Å². The molecule has 0 spiro atoms. The van der Waals surface area contributed by atoms with Crippen LogP contribution in [0.1, 0.15) is 19.4 Å². The van der Waals surface area contributed by atoms with Gasteiger partial charge in [0.2, 0.25) is 0 Å². The minimum atomic E-state index is -0.708. The smallest absolute Gasteiger partial charge is 0.314 e. The molecular weight excluding hydrogens is 246 g/mol. The van der Waals surface area contributed by atoms with Crippen molar-refractivity contribution < 1.29 is 19.0 Å². The van der Waals surface area contributed by atoms with E-state index in [-0.39, 0.29) is 12.6 Å². The molecule has 1 aromatic rings. The van der Waals surface area contributed by atoms with Crippen LogP contribution in [0.5, 0.6) is 11.5 Å². The fraction of sp³-hybridized carbons (Fsp3) is 0.500. The van der Waals surface area contributed by atoms with Crippen molar-refractivity contribution in [3.05, 3.63) is 23.8 Å². The normalized spacial score (nSPS) is 11.0. The molecule has 5 heteroatoms. The quantitative estimate of drug-likeness (QED) is 0.795. The highest BCUT2D eigenvalue weighted by Gasteiger charge is 2.29. The van der Waals surface area contributed by atoms with Crippen LogP contribution in [-0.4, -0.2) is 26.8 Å². The Kier molecular flexibility index (Phi) is 5.18. The molecule has 0 aliphatic rings. The van der Waals surface area contributed by atoms with Crippen LogP contribution in [-0.2, 0) is 16.1 Å². The van der Waals surface area contributed by atoms with Crippen LogP contribution in [0.25, 0.3) is 0 Å². The van der Waals surface area contributed by atoms with Gasteiger partial charge in [-0.25, -0.2) is 0 Å². The molecule has 0 aromatic heterocycles. The Bertz CT molecular complexity index is 421. The first-order valence-electron chi connectivity index (χ1n) is 6.02. The van der Waals surface area contributed by atoms with Gasteiger partial charge in [-0.2, -0.15) is 0 Å². The number of hydrogen-bond acceptors (Lipinski definition) is 5. The van der Waals surface area contributed by atoms with Crippen molar-refractivity contribution in [2.75, 3.05) is 20.8 Å². The molecule has 2 N–H and O–H groups in total. The molecule has 1 aromatic carbocycles. The summed E-state index contributed by atoms with van der Waals surface area (Å²) in [5.41, 5.74) is 5.81. The highest BCUT2D eigenvalue weighted by atomic mass is 16.5. The van der Waals surface area contributed by atoms with Gasteiger partial charge in [-0.05, 0) is 31.5 Å². The zero-order valence-corrected chi connectivity index (χ0v) is 11.9. The van der Waals surface area contributed by atoms with Gasteiger partial charge in [0.15, 0.2) is 0 Å². The molecule has 0 saturated heterocycles. The van der Waals surface area contributed by atoms with Gasteiger partial charge in [0, 0.05) is 12.6 Å². The molecular formula is C14H21NO4. The molecule has 0 radical (unpaired) electrons. The summed E-state index contributed by atoms with van der Waals surface area (Å²) in [5, 5.41) is 0. The molecule has 0 atom stereocenters. The minimum Gasteiger partial charge on any atom is -0.497 e. The van der Waals surface area contributed by atoms with E-state index in [2.05, 4.69) is 0 Å². The highest BCUT2D eigenvalue weighted by Crippen LogP contribution is 2.25. The molecule has 0 fully saturated rings. The standard InChI is InChI=1S/C14H21NO4/c1-14(2,13(16)18-4)9-19-12-6-10(8-15)5-11(7-12)17-3/h5-7H,8-9,15H2,1-4H3. The number of methoxy groups -OCH3 is 2. The number of carbonyl (C=O) groups is 1. The number of nitrogens with two attached hydrogens (primary N) is 1.